The lowest BCUT2D eigenvalue weighted by Crippen LogP contribution is -2.20. The van der Waals surface area contributed by atoms with E-state index >= 15 is 0 Å². The van der Waals surface area contributed by atoms with E-state index in [1.165, 1.54) is 4.68 Å². The van der Waals surface area contributed by atoms with Crippen LogP contribution in [0.3, 0.4) is 0 Å². The number of ether oxygens (including phenoxy) is 1. The first-order valence-electron chi connectivity index (χ1n) is 12.2. The molecule has 0 saturated carbocycles. The lowest BCUT2D eigenvalue weighted by atomic mass is 10.1. The molecule has 6 rings (SSSR count). The number of fused-ring (bicyclic) bond motifs is 2. The minimum atomic E-state index is -0.334. The highest BCUT2D eigenvalue weighted by atomic mass is 79.9. The molecule has 0 fully saturated rings. The summed E-state index contributed by atoms with van der Waals surface area (Å²) in [5.74, 6) is 1.22. The lowest BCUT2D eigenvalue weighted by molar-refractivity contribution is 0.305. The van der Waals surface area contributed by atoms with Crippen LogP contribution in [-0.2, 0) is 6.61 Å². The Morgan fingerprint density at radius 2 is 1.75 bits per heavy atom. The quantitative estimate of drug-likeness (QED) is 0.172. The Kier molecular flexibility index (Phi) is 7.03. The molecular weight excluding hydrogens is 636 g/mol. The predicted molar refractivity (Wildman–Crippen MR) is 162 cm³/mol. The summed E-state index contributed by atoms with van der Waals surface area (Å²) in [4.78, 5) is 18.4. The number of benzene rings is 4. The second-order valence-electron chi connectivity index (χ2n) is 8.85. The second kappa shape index (κ2) is 10.9. The molecule has 2 heterocycles. The highest BCUT2D eigenvalue weighted by Gasteiger charge is 2.17. The molecule has 194 valence electrons. The van der Waals surface area contributed by atoms with Crippen molar-refractivity contribution in [3.63, 3.8) is 0 Å². The topological polar surface area (TPSA) is 93.4 Å². The van der Waals surface area contributed by atoms with Crippen molar-refractivity contribution in [1.29, 1.82) is 5.26 Å². The third-order valence-electron chi connectivity index (χ3n) is 6.26. The number of aromatic nitrogens is 2. The summed E-state index contributed by atoms with van der Waals surface area (Å²) in [6.07, 6.45) is 1.55. The molecule has 0 unspecified atom stereocenters. The number of rotatable bonds is 6. The van der Waals surface area contributed by atoms with Gasteiger partial charge in [-0.1, -0.05) is 62.2 Å². The molecule has 0 aliphatic rings. The molecule has 7 nitrogen and oxygen atoms in total. The summed E-state index contributed by atoms with van der Waals surface area (Å²) >= 11 is 6.99. The number of nitrogens with zero attached hydrogens (tertiary/aromatic N) is 4. The molecule has 9 heteroatoms. The van der Waals surface area contributed by atoms with E-state index in [-0.39, 0.29) is 18.0 Å². The number of furan rings is 1. The van der Waals surface area contributed by atoms with Crippen LogP contribution in [0.2, 0.25) is 0 Å². The molecule has 4 aromatic carbocycles. The standard InChI is InChI=1S/C31H18Br2N4O3/c32-23-10-12-28-21(13-23)15-29(40-28)30-36-26-8-4-3-7-25(26)31(38)37(30)35-17-22-14-24(33)9-11-27(22)39-18-20-6-2-1-5-19(20)16-34/h1-15,17H,18H2. The fraction of sp³-hybridized carbons (Fsp3) is 0.0323. The van der Waals surface area contributed by atoms with Gasteiger partial charge in [-0.15, -0.1) is 0 Å². The average Bonchev–Trinajstić information content (AvgIpc) is 3.39. The average molecular weight is 654 g/mol. The molecule has 0 saturated heterocycles. The Labute approximate surface area is 245 Å². The molecule has 6 aromatic rings. The van der Waals surface area contributed by atoms with E-state index in [1.807, 2.05) is 60.7 Å². The maximum absolute atomic E-state index is 13.6. The summed E-state index contributed by atoms with van der Waals surface area (Å²) in [6.45, 7) is 0.198. The monoisotopic (exact) mass is 652 g/mol. The number of nitriles is 1. The fourth-order valence-electron chi connectivity index (χ4n) is 4.30. The first kappa shape index (κ1) is 25.7. The third-order valence-corrected chi connectivity index (χ3v) is 7.24. The summed E-state index contributed by atoms with van der Waals surface area (Å²) in [5.41, 5.74) is 2.81. The summed E-state index contributed by atoms with van der Waals surface area (Å²) < 4.78 is 15.1. The van der Waals surface area contributed by atoms with Crippen LogP contribution in [0.4, 0.5) is 0 Å². The van der Waals surface area contributed by atoms with Gasteiger partial charge in [0.2, 0.25) is 5.82 Å². The number of halogens is 2. The van der Waals surface area contributed by atoms with Gasteiger partial charge in [-0.3, -0.25) is 4.79 Å². The molecule has 0 atom stereocenters. The van der Waals surface area contributed by atoms with E-state index in [9.17, 15) is 10.1 Å². The molecule has 40 heavy (non-hydrogen) atoms. The smallest absolute Gasteiger partial charge is 0.282 e. The summed E-state index contributed by atoms with van der Waals surface area (Å²) in [5, 5.41) is 15.3. The van der Waals surface area contributed by atoms with Gasteiger partial charge in [-0.2, -0.15) is 15.0 Å². The van der Waals surface area contributed by atoms with Gasteiger partial charge in [0.15, 0.2) is 5.76 Å². The van der Waals surface area contributed by atoms with E-state index in [4.69, 9.17) is 14.1 Å². The van der Waals surface area contributed by atoms with E-state index in [2.05, 4.69) is 43.0 Å². The zero-order valence-electron chi connectivity index (χ0n) is 20.7. The molecule has 0 spiro atoms. The Morgan fingerprint density at radius 1 is 0.975 bits per heavy atom. The fourth-order valence-corrected chi connectivity index (χ4v) is 5.05. The van der Waals surface area contributed by atoms with E-state index < -0.39 is 0 Å². The first-order valence-corrected chi connectivity index (χ1v) is 13.7. The van der Waals surface area contributed by atoms with Gasteiger partial charge in [-0.25, -0.2) is 4.98 Å². The van der Waals surface area contributed by atoms with Crippen molar-refractivity contribution in [1.82, 2.24) is 9.66 Å². The Hall–Kier alpha value is -4.52. The maximum atomic E-state index is 13.6. The second-order valence-corrected chi connectivity index (χ2v) is 10.7. The zero-order chi connectivity index (χ0) is 27.6. The van der Waals surface area contributed by atoms with Gasteiger partial charge in [0.1, 0.15) is 17.9 Å². The molecule has 0 bridgehead atoms. The van der Waals surface area contributed by atoms with Crippen LogP contribution in [0.25, 0.3) is 33.5 Å². The molecule has 0 amide bonds. The Morgan fingerprint density at radius 3 is 2.62 bits per heavy atom. The molecule has 0 aliphatic carbocycles. The minimum Gasteiger partial charge on any atom is -0.488 e. The van der Waals surface area contributed by atoms with Crippen molar-refractivity contribution in [3.05, 3.63) is 127 Å². The molecule has 0 N–H and O–H groups in total. The number of hydrogen-bond acceptors (Lipinski definition) is 6. The van der Waals surface area contributed by atoms with Crippen LogP contribution in [0.15, 0.2) is 114 Å². The lowest BCUT2D eigenvalue weighted by Gasteiger charge is -2.11. The van der Waals surface area contributed by atoms with Crippen LogP contribution in [0.1, 0.15) is 16.7 Å². The van der Waals surface area contributed by atoms with Crippen molar-refractivity contribution in [3.8, 4) is 23.4 Å². The van der Waals surface area contributed by atoms with Gasteiger partial charge >= 0.3 is 0 Å². The molecule has 0 aliphatic heterocycles. The normalized spacial score (nSPS) is 11.3. The maximum Gasteiger partial charge on any atom is 0.282 e. The SMILES string of the molecule is N#Cc1ccccc1COc1ccc(Br)cc1C=Nn1c(-c2cc3cc(Br)ccc3o2)nc2ccccc2c1=O. The highest BCUT2D eigenvalue weighted by molar-refractivity contribution is 9.10. The van der Waals surface area contributed by atoms with Gasteiger partial charge < -0.3 is 9.15 Å². The van der Waals surface area contributed by atoms with E-state index in [0.29, 0.717) is 39.1 Å². The van der Waals surface area contributed by atoms with Crippen LogP contribution in [-0.4, -0.2) is 15.9 Å². The van der Waals surface area contributed by atoms with Crippen molar-refractivity contribution < 1.29 is 9.15 Å². The van der Waals surface area contributed by atoms with Crippen LogP contribution in [0, 0.1) is 11.3 Å². The van der Waals surface area contributed by atoms with E-state index in [0.717, 1.165) is 19.9 Å². The minimum absolute atomic E-state index is 0.198. The van der Waals surface area contributed by atoms with Gasteiger partial charge in [0.05, 0.1) is 28.8 Å². The number of para-hydroxylation sites is 1. The highest BCUT2D eigenvalue weighted by Crippen LogP contribution is 2.29. The first-order chi connectivity index (χ1) is 19.5. The predicted octanol–water partition coefficient (Wildman–Crippen LogP) is 7.67. The van der Waals surface area contributed by atoms with Gasteiger partial charge in [0.25, 0.3) is 5.56 Å². The number of hydrogen-bond donors (Lipinski definition) is 0. The van der Waals surface area contributed by atoms with Crippen molar-refractivity contribution in [2.75, 3.05) is 0 Å². The van der Waals surface area contributed by atoms with Crippen molar-refractivity contribution >= 4 is 59.9 Å². The Bertz CT molecular complexity index is 2040. The van der Waals surface area contributed by atoms with Crippen LogP contribution in [0.5, 0.6) is 5.75 Å². The van der Waals surface area contributed by atoms with Crippen LogP contribution >= 0.6 is 31.9 Å². The molecular formula is C31H18Br2N4O3. The molecule has 0 radical (unpaired) electrons. The van der Waals surface area contributed by atoms with Gasteiger partial charge in [0, 0.05) is 25.5 Å². The van der Waals surface area contributed by atoms with Crippen molar-refractivity contribution in [2.24, 2.45) is 5.10 Å². The zero-order valence-corrected chi connectivity index (χ0v) is 23.9. The third kappa shape index (κ3) is 5.07. The summed E-state index contributed by atoms with van der Waals surface area (Å²) in [7, 11) is 0. The largest absolute Gasteiger partial charge is 0.488 e. The van der Waals surface area contributed by atoms with Crippen LogP contribution < -0.4 is 10.3 Å². The Balaban J connectivity index is 1.44. The van der Waals surface area contributed by atoms with Gasteiger partial charge in [-0.05, 0) is 60.7 Å². The molecule has 2 aromatic heterocycles. The summed E-state index contributed by atoms with van der Waals surface area (Å²) in [6, 6.07) is 29.6. The van der Waals surface area contributed by atoms with E-state index in [1.54, 1.807) is 36.5 Å². The van der Waals surface area contributed by atoms with Crippen molar-refractivity contribution in [2.45, 2.75) is 6.61 Å².